The fourth-order valence-corrected chi connectivity index (χ4v) is 5.69. The van der Waals surface area contributed by atoms with Gasteiger partial charge in [0, 0.05) is 17.6 Å². The number of hydrogen-bond donors (Lipinski definition) is 1. The Balaban J connectivity index is 2.04. The van der Waals surface area contributed by atoms with Crippen LogP contribution in [0.3, 0.4) is 0 Å². The summed E-state index contributed by atoms with van der Waals surface area (Å²) in [6.07, 6.45) is 0.382. The van der Waals surface area contributed by atoms with Crippen LogP contribution in [0.5, 0.6) is 0 Å². The zero-order valence-corrected chi connectivity index (χ0v) is 22.7. The van der Waals surface area contributed by atoms with E-state index < -0.39 is 28.5 Å². The largest absolute Gasteiger partial charge is 0.355 e. The third-order valence-electron chi connectivity index (χ3n) is 5.64. The third-order valence-corrected chi connectivity index (χ3v) is 7.92. The molecule has 0 aliphatic heterocycles. The van der Waals surface area contributed by atoms with E-state index in [9.17, 15) is 18.0 Å². The maximum Gasteiger partial charge on any atom is 0.264 e. The monoisotopic (exact) mass is 571 g/mol. The van der Waals surface area contributed by atoms with E-state index in [-0.39, 0.29) is 17.3 Å². The number of rotatable bonds is 11. The van der Waals surface area contributed by atoms with Gasteiger partial charge in [-0.2, -0.15) is 0 Å². The lowest BCUT2D eigenvalue weighted by Gasteiger charge is -2.33. The Bertz CT molecular complexity index is 1270. The van der Waals surface area contributed by atoms with Gasteiger partial charge in [-0.3, -0.25) is 13.9 Å². The number of hydrogen-bond acceptors (Lipinski definition) is 4. The first-order valence-electron chi connectivity index (χ1n) is 11.7. The molecule has 0 bridgehead atoms. The lowest BCUT2D eigenvalue weighted by Crippen LogP contribution is -2.52. The van der Waals surface area contributed by atoms with E-state index in [0.29, 0.717) is 23.1 Å². The normalized spacial score (nSPS) is 12.0. The minimum Gasteiger partial charge on any atom is -0.355 e. The quantitative estimate of drug-likeness (QED) is 0.364. The van der Waals surface area contributed by atoms with Gasteiger partial charge in [0.15, 0.2) is 0 Å². The molecular formula is C27H30BrN3O4S. The van der Waals surface area contributed by atoms with E-state index >= 15 is 0 Å². The maximum atomic E-state index is 13.8. The summed E-state index contributed by atoms with van der Waals surface area (Å²) < 4.78 is 29.2. The van der Waals surface area contributed by atoms with Gasteiger partial charge in [-0.1, -0.05) is 77.5 Å². The van der Waals surface area contributed by atoms with Gasteiger partial charge in [-0.25, -0.2) is 8.42 Å². The van der Waals surface area contributed by atoms with Gasteiger partial charge in [0.05, 0.1) is 10.6 Å². The van der Waals surface area contributed by atoms with Crippen LogP contribution in [-0.4, -0.2) is 44.3 Å². The van der Waals surface area contributed by atoms with Crippen molar-refractivity contribution in [3.8, 4) is 0 Å². The molecule has 0 aliphatic carbocycles. The highest BCUT2D eigenvalue weighted by Gasteiger charge is 2.33. The summed E-state index contributed by atoms with van der Waals surface area (Å²) in [6.45, 7) is 3.78. The van der Waals surface area contributed by atoms with Crippen molar-refractivity contribution in [2.75, 3.05) is 17.4 Å². The Morgan fingerprint density at radius 3 is 2.14 bits per heavy atom. The van der Waals surface area contributed by atoms with Crippen LogP contribution >= 0.6 is 15.9 Å². The molecule has 1 atom stereocenters. The average molecular weight is 573 g/mol. The Kier molecular flexibility index (Phi) is 9.66. The van der Waals surface area contributed by atoms with Crippen molar-refractivity contribution in [2.24, 2.45) is 0 Å². The molecule has 0 aromatic heterocycles. The SMILES string of the molecule is CCNC(=O)[C@@H](CC)N(Cc1ccccc1)C(=O)CN(c1cccc(Br)c1)S(=O)(=O)c1ccccc1. The predicted molar refractivity (Wildman–Crippen MR) is 145 cm³/mol. The minimum absolute atomic E-state index is 0.0724. The molecule has 3 aromatic rings. The van der Waals surface area contributed by atoms with Gasteiger partial charge in [0.25, 0.3) is 10.0 Å². The second-order valence-corrected chi connectivity index (χ2v) is 10.9. The van der Waals surface area contributed by atoms with Crippen LogP contribution in [0.15, 0.2) is 94.3 Å². The first-order chi connectivity index (χ1) is 17.3. The van der Waals surface area contributed by atoms with Crippen LogP contribution in [0, 0.1) is 0 Å². The Hall–Kier alpha value is -3.17. The van der Waals surface area contributed by atoms with Crippen LogP contribution in [0.1, 0.15) is 25.8 Å². The lowest BCUT2D eigenvalue weighted by molar-refractivity contribution is -0.140. The molecule has 190 valence electrons. The summed E-state index contributed by atoms with van der Waals surface area (Å²) >= 11 is 3.39. The highest BCUT2D eigenvalue weighted by molar-refractivity contribution is 9.10. The van der Waals surface area contributed by atoms with Crippen LogP contribution in [0.2, 0.25) is 0 Å². The highest BCUT2D eigenvalue weighted by Crippen LogP contribution is 2.27. The van der Waals surface area contributed by atoms with Crippen molar-refractivity contribution >= 4 is 43.5 Å². The number of carbonyl (C=O) groups excluding carboxylic acids is 2. The smallest absolute Gasteiger partial charge is 0.264 e. The van der Waals surface area contributed by atoms with Crippen molar-refractivity contribution in [3.63, 3.8) is 0 Å². The van der Waals surface area contributed by atoms with Gasteiger partial charge in [0.2, 0.25) is 11.8 Å². The van der Waals surface area contributed by atoms with E-state index in [2.05, 4.69) is 21.2 Å². The molecule has 0 radical (unpaired) electrons. The second kappa shape index (κ2) is 12.7. The highest BCUT2D eigenvalue weighted by atomic mass is 79.9. The number of sulfonamides is 1. The van der Waals surface area contributed by atoms with Crippen LogP contribution < -0.4 is 9.62 Å². The molecule has 9 heteroatoms. The van der Waals surface area contributed by atoms with Crippen LogP contribution in [0.4, 0.5) is 5.69 Å². The Morgan fingerprint density at radius 1 is 0.917 bits per heavy atom. The molecule has 7 nitrogen and oxygen atoms in total. The molecule has 0 heterocycles. The van der Waals surface area contributed by atoms with Crippen molar-refractivity contribution in [1.82, 2.24) is 10.2 Å². The number of benzene rings is 3. The summed E-state index contributed by atoms with van der Waals surface area (Å²) in [5.74, 6) is -0.749. The number of nitrogens with one attached hydrogen (secondary N) is 1. The van der Waals surface area contributed by atoms with E-state index in [1.54, 1.807) is 42.5 Å². The first-order valence-corrected chi connectivity index (χ1v) is 14.0. The molecule has 0 spiro atoms. The molecule has 0 saturated heterocycles. The fraction of sp³-hybridized carbons (Fsp3) is 0.259. The zero-order chi connectivity index (χ0) is 26.1. The lowest BCUT2D eigenvalue weighted by atomic mass is 10.1. The predicted octanol–water partition coefficient (Wildman–Crippen LogP) is 4.59. The van der Waals surface area contributed by atoms with E-state index in [4.69, 9.17) is 0 Å². The summed E-state index contributed by atoms with van der Waals surface area (Å²) in [5.41, 5.74) is 1.18. The third kappa shape index (κ3) is 6.73. The van der Waals surface area contributed by atoms with E-state index in [1.807, 2.05) is 44.2 Å². The fourth-order valence-electron chi connectivity index (χ4n) is 3.87. The number of amides is 2. The van der Waals surface area contributed by atoms with Gasteiger partial charge < -0.3 is 10.2 Å². The summed E-state index contributed by atoms with van der Waals surface area (Å²) in [6, 6.07) is 23.4. The van der Waals surface area contributed by atoms with E-state index in [1.165, 1.54) is 17.0 Å². The summed E-state index contributed by atoms with van der Waals surface area (Å²) in [4.78, 5) is 28.3. The standard InChI is InChI=1S/C27H30BrN3O4S/c1-3-25(27(33)29-4-2)30(19-21-12-7-5-8-13-21)26(32)20-31(23-15-11-14-22(28)18-23)36(34,35)24-16-9-6-10-17-24/h5-18,25H,3-4,19-20H2,1-2H3,(H,29,33)/t25-/m1/s1. The van der Waals surface area contributed by atoms with Gasteiger partial charge in [-0.15, -0.1) is 0 Å². The topological polar surface area (TPSA) is 86.8 Å². The summed E-state index contributed by atoms with van der Waals surface area (Å²) in [5, 5.41) is 2.80. The van der Waals surface area contributed by atoms with Crippen molar-refractivity contribution < 1.29 is 18.0 Å². The van der Waals surface area contributed by atoms with Crippen LogP contribution in [-0.2, 0) is 26.2 Å². The van der Waals surface area contributed by atoms with Crippen molar-refractivity contribution in [3.05, 3.63) is 95.0 Å². The van der Waals surface area contributed by atoms with Gasteiger partial charge in [0.1, 0.15) is 12.6 Å². The summed E-state index contributed by atoms with van der Waals surface area (Å²) in [7, 11) is -4.07. The number of anilines is 1. The van der Waals surface area contributed by atoms with Crippen molar-refractivity contribution in [1.29, 1.82) is 0 Å². The Labute approximate surface area is 221 Å². The first kappa shape index (κ1) is 27.4. The molecule has 0 saturated carbocycles. The zero-order valence-electron chi connectivity index (χ0n) is 20.3. The average Bonchev–Trinajstić information content (AvgIpc) is 2.88. The number of halogens is 1. The van der Waals surface area contributed by atoms with Crippen LogP contribution in [0.25, 0.3) is 0 Å². The maximum absolute atomic E-state index is 13.8. The Morgan fingerprint density at radius 2 is 1.56 bits per heavy atom. The molecular weight excluding hydrogens is 542 g/mol. The molecule has 2 amide bonds. The van der Waals surface area contributed by atoms with E-state index in [0.717, 1.165) is 9.87 Å². The molecule has 36 heavy (non-hydrogen) atoms. The molecule has 0 aliphatic rings. The van der Waals surface area contributed by atoms with Crippen molar-refractivity contribution in [2.45, 2.75) is 37.8 Å². The number of nitrogens with zero attached hydrogens (tertiary/aromatic N) is 2. The molecule has 0 fully saturated rings. The molecule has 1 N–H and O–H groups in total. The molecule has 3 aromatic carbocycles. The van der Waals surface area contributed by atoms with Gasteiger partial charge in [-0.05, 0) is 49.2 Å². The molecule has 0 unspecified atom stereocenters. The number of carbonyl (C=O) groups is 2. The molecule has 3 rings (SSSR count). The minimum atomic E-state index is -4.07. The second-order valence-electron chi connectivity index (χ2n) is 8.13. The van der Waals surface area contributed by atoms with Gasteiger partial charge >= 0.3 is 0 Å². The number of likely N-dealkylation sites (N-methyl/N-ethyl adjacent to an activating group) is 1.